The Balaban J connectivity index is 2.63. The Kier molecular flexibility index (Phi) is 4.24. The summed E-state index contributed by atoms with van der Waals surface area (Å²) < 4.78 is 10.0. The van der Waals surface area contributed by atoms with Gasteiger partial charge in [-0.25, -0.2) is 0 Å². The zero-order valence-electron chi connectivity index (χ0n) is 7.91. The van der Waals surface area contributed by atoms with Crippen molar-refractivity contribution < 1.29 is 29.9 Å². The Labute approximate surface area is 81.7 Å². The molecule has 1 aliphatic heterocycles. The zero-order valence-corrected chi connectivity index (χ0v) is 7.91. The summed E-state index contributed by atoms with van der Waals surface area (Å²) in [6.45, 7) is 1.58. The summed E-state index contributed by atoms with van der Waals surface area (Å²) in [6.07, 6.45) is -5.89. The smallest absolute Gasteiger partial charge is 0.186 e. The van der Waals surface area contributed by atoms with Gasteiger partial charge in [0.1, 0.15) is 24.4 Å². The second-order valence-corrected chi connectivity index (χ2v) is 3.15. The summed E-state index contributed by atoms with van der Waals surface area (Å²) in [6, 6.07) is 0. The SMILES string of the molecule is CCO[C@@H]1O[C@H](CO)[C@H](O)[C@H](O)[C@H]1O. The first-order valence-corrected chi connectivity index (χ1v) is 4.54. The molecular formula is C8H16O6. The average molecular weight is 208 g/mol. The van der Waals surface area contributed by atoms with E-state index in [1.54, 1.807) is 6.92 Å². The minimum atomic E-state index is -1.36. The highest BCUT2D eigenvalue weighted by molar-refractivity contribution is 4.88. The van der Waals surface area contributed by atoms with Crippen molar-refractivity contribution in [2.75, 3.05) is 13.2 Å². The van der Waals surface area contributed by atoms with Crippen LogP contribution < -0.4 is 0 Å². The van der Waals surface area contributed by atoms with Crippen molar-refractivity contribution in [1.29, 1.82) is 0 Å². The number of ether oxygens (including phenoxy) is 2. The third kappa shape index (κ3) is 2.22. The number of aliphatic hydroxyl groups is 4. The molecule has 0 saturated carbocycles. The largest absolute Gasteiger partial charge is 0.394 e. The van der Waals surface area contributed by atoms with Gasteiger partial charge in [0.2, 0.25) is 0 Å². The van der Waals surface area contributed by atoms with Crippen molar-refractivity contribution in [2.24, 2.45) is 0 Å². The normalized spacial score (nSPS) is 43.9. The molecule has 0 unspecified atom stereocenters. The van der Waals surface area contributed by atoms with Gasteiger partial charge in [0.25, 0.3) is 0 Å². The molecule has 0 aromatic carbocycles. The second-order valence-electron chi connectivity index (χ2n) is 3.15. The van der Waals surface area contributed by atoms with Gasteiger partial charge in [-0.1, -0.05) is 0 Å². The van der Waals surface area contributed by atoms with E-state index in [1.807, 2.05) is 0 Å². The quantitative estimate of drug-likeness (QED) is 0.421. The fraction of sp³-hybridized carbons (Fsp3) is 1.00. The highest BCUT2D eigenvalue weighted by Gasteiger charge is 2.43. The summed E-state index contributed by atoms with van der Waals surface area (Å²) in [4.78, 5) is 0. The lowest BCUT2D eigenvalue weighted by Crippen LogP contribution is -2.59. The first-order chi connectivity index (χ1) is 6.61. The highest BCUT2D eigenvalue weighted by Crippen LogP contribution is 2.21. The summed E-state index contributed by atoms with van der Waals surface area (Å²) >= 11 is 0. The van der Waals surface area contributed by atoms with Gasteiger partial charge in [0.15, 0.2) is 6.29 Å². The van der Waals surface area contributed by atoms with Crippen LogP contribution in [0.15, 0.2) is 0 Å². The molecule has 0 aliphatic carbocycles. The Morgan fingerprint density at radius 2 is 1.79 bits per heavy atom. The molecule has 0 aromatic heterocycles. The van der Waals surface area contributed by atoms with Crippen molar-refractivity contribution in [2.45, 2.75) is 37.6 Å². The molecule has 0 aromatic rings. The fourth-order valence-electron chi connectivity index (χ4n) is 1.37. The van der Waals surface area contributed by atoms with E-state index >= 15 is 0 Å². The van der Waals surface area contributed by atoms with E-state index in [2.05, 4.69) is 0 Å². The molecule has 14 heavy (non-hydrogen) atoms. The molecule has 5 atom stereocenters. The van der Waals surface area contributed by atoms with E-state index in [0.717, 1.165) is 0 Å². The van der Waals surface area contributed by atoms with Gasteiger partial charge >= 0.3 is 0 Å². The minimum Gasteiger partial charge on any atom is -0.394 e. The minimum absolute atomic E-state index is 0.308. The van der Waals surface area contributed by atoms with Crippen LogP contribution >= 0.6 is 0 Å². The summed E-state index contributed by atoms with van der Waals surface area (Å²) in [5.74, 6) is 0. The zero-order chi connectivity index (χ0) is 10.7. The first-order valence-electron chi connectivity index (χ1n) is 4.54. The fourth-order valence-corrected chi connectivity index (χ4v) is 1.37. The molecule has 6 nitrogen and oxygen atoms in total. The van der Waals surface area contributed by atoms with Crippen LogP contribution in [0.5, 0.6) is 0 Å². The van der Waals surface area contributed by atoms with Crippen LogP contribution in [0.25, 0.3) is 0 Å². The maximum atomic E-state index is 9.41. The van der Waals surface area contributed by atoms with Crippen LogP contribution in [0, 0.1) is 0 Å². The molecule has 1 heterocycles. The number of hydrogen-bond donors (Lipinski definition) is 4. The summed E-state index contributed by atoms with van der Waals surface area (Å²) in [7, 11) is 0. The van der Waals surface area contributed by atoms with Gasteiger partial charge in [0, 0.05) is 6.61 Å². The Bertz CT molecular complexity index is 171. The maximum Gasteiger partial charge on any atom is 0.186 e. The van der Waals surface area contributed by atoms with E-state index in [1.165, 1.54) is 0 Å². The van der Waals surface area contributed by atoms with Crippen LogP contribution in [0.4, 0.5) is 0 Å². The molecule has 1 saturated heterocycles. The van der Waals surface area contributed by atoms with E-state index in [4.69, 9.17) is 14.6 Å². The third-order valence-corrected chi connectivity index (χ3v) is 2.18. The number of hydrogen-bond acceptors (Lipinski definition) is 6. The molecule has 6 heteroatoms. The van der Waals surface area contributed by atoms with Crippen LogP contribution in [0.2, 0.25) is 0 Å². The molecule has 84 valence electrons. The van der Waals surface area contributed by atoms with Crippen LogP contribution in [0.3, 0.4) is 0 Å². The molecule has 0 bridgehead atoms. The highest BCUT2D eigenvalue weighted by atomic mass is 16.7. The topological polar surface area (TPSA) is 99.4 Å². The van der Waals surface area contributed by atoms with E-state index in [9.17, 15) is 15.3 Å². The van der Waals surface area contributed by atoms with Crippen molar-refractivity contribution in [3.05, 3.63) is 0 Å². The van der Waals surface area contributed by atoms with E-state index in [-0.39, 0.29) is 0 Å². The molecule has 4 N–H and O–H groups in total. The van der Waals surface area contributed by atoms with Gasteiger partial charge in [0.05, 0.1) is 6.61 Å². The van der Waals surface area contributed by atoms with Gasteiger partial charge < -0.3 is 29.9 Å². The Hall–Kier alpha value is -0.240. The van der Waals surface area contributed by atoms with Crippen LogP contribution in [-0.4, -0.2) is 64.3 Å². The average Bonchev–Trinajstić information content (AvgIpc) is 2.19. The molecule has 1 rings (SSSR count). The Morgan fingerprint density at radius 3 is 2.29 bits per heavy atom. The van der Waals surface area contributed by atoms with E-state index < -0.39 is 37.3 Å². The molecular weight excluding hydrogens is 192 g/mol. The van der Waals surface area contributed by atoms with Crippen molar-refractivity contribution in [3.63, 3.8) is 0 Å². The first kappa shape index (κ1) is 11.8. The standard InChI is InChI=1S/C8H16O6/c1-2-13-8-7(12)6(11)5(10)4(3-9)14-8/h4-12H,2-3H2,1H3/t4-,5+,6+,7-,8-/m1/s1. The lowest BCUT2D eigenvalue weighted by atomic mass is 9.99. The number of aliphatic hydroxyl groups excluding tert-OH is 4. The number of rotatable bonds is 3. The Morgan fingerprint density at radius 1 is 1.14 bits per heavy atom. The van der Waals surface area contributed by atoms with Gasteiger partial charge in [-0.15, -0.1) is 0 Å². The summed E-state index contributed by atoms with van der Waals surface area (Å²) in [5, 5.41) is 36.9. The van der Waals surface area contributed by atoms with Gasteiger partial charge in [-0.3, -0.25) is 0 Å². The monoisotopic (exact) mass is 208 g/mol. The van der Waals surface area contributed by atoms with Crippen LogP contribution in [0.1, 0.15) is 6.92 Å². The van der Waals surface area contributed by atoms with Crippen LogP contribution in [-0.2, 0) is 9.47 Å². The maximum absolute atomic E-state index is 9.41. The molecule has 0 radical (unpaired) electrons. The van der Waals surface area contributed by atoms with Gasteiger partial charge in [-0.2, -0.15) is 0 Å². The van der Waals surface area contributed by atoms with E-state index in [0.29, 0.717) is 6.61 Å². The molecule has 1 aliphatic rings. The third-order valence-electron chi connectivity index (χ3n) is 2.18. The second kappa shape index (κ2) is 5.01. The predicted molar refractivity (Wildman–Crippen MR) is 45.4 cm³/mol. The van der Waals surface area contributed by atoms with Gasteiger partial charge in [-0.05, 0) is 6.92 Å². The predicted octanol–water partition coefficient (Wildman–Crippen LogP) is -2.18. The lowest BCUT2D eigenvalue weighted by molar-refractivity contribution is -0.300. The molecule has 0 amide bonds. The van der Waals surface area contributed by atoms with Crippen molar-refractivity contribution >= 4 is 0 Å². The molecule has 1 fully saturated rings. The summed E-state index contributed by atoms with van der Waals surface area (Å²) in [5.41, 5.74) is 0. The molecule has 0 spiro atoms. The lowest BCUT2D eigenvalue weighted by Gasteiger charge is -2.39. The van der Waals surface area contributed by atoms with Crippen molar-refractivity contribution in [3.8, 4) is 0 Å². The van der Waals surface area contributed by atoms with Crippen molar-refractivity contribution in [1.82, 2.24) is 0 Å².